The molecule has 0 aliphatic heterocycles. The number of rotatable bonds is 8. The molecule has 0 rings (SSSR count). The van der Waals surface area contributed by atoms with Crippen LogP contribution >= 0.6 is 11.8 Å². The van der Waals surface area contributed by atoms with E-state index in [0.29, 0.717) is 6.42 Å². The number of aliphatic carboxylic acids is 1. The molecule has 0 bridgehead atoms. The zero-order valence-corrected chi connectivity index (χ0v) is 9.40. The Morgan fingerprint density at radius 2 is 2.15 bits per heavy atom. The summed E-state index contributed by atoms with van der Waals surface area (Å²) in [5.41, 5.74) is 0. The molecule has 0 aromatic heterocycles. The van der Waals surface area contributed by atoms with Gasteiger partial charge in [-0.1, -0.05) is 20.3 Å². The summed E-state index contributed by atoms with van der Waals surface area (Å²) in [6.45, 7) is 4.46. The Hall–Kier alpha value is -0.180. The summed E-state index contributed by atoms with van der Waals surface area (Å²) in [4.78, 5) is 10.2. The van der Waals surface area contributed by atoms with Crippen LogP contribution in [0.4, 0.5) is 0 Å². The normalized spacial score (nSPS) is 12.8. The molecule has 0 saturated carbocycles. The van der Waals surface area contributed by atoms with Gasteiger partial charge < -0.3 is 5.11 Å². The van der Waals surface area contributed by atoms with Crippen LogP contribution in [0.3, 0.4) is 0 Å². The van der Waals surface area contributed by atoms with Gasteiger partial charge in [-0.15, -0.1) is 0 Å². The number of thioether (sulfide) groups is 1. The highest BCUT2D eigenvalue weighted by atomic mass is 32.2. The third-order valence-electron chi connectivity index (χ3n) is 2.03. The maximum Gasteiger partial charge on any atom is 0.303 e. The summed E-state index contributed by atoms with van der Waals surface area (Å²) in [5.74, 6) is 2.44. The van der Waals surface area contributed by atoms with Crippen molar-refractivity contribution in [1.82, 2.24) is 0 Å². The quantitative estimate of drug-likeness (QED) is 0.617. The van der Waals surface area contributed by atoms with E-state index < -0.39 is 5.97 Å². The van der Waals surface area contributed by atoms with Crippen LogP contribution in [0.2, 0.25) is 0 Å². The van der Waals surface area contributed by atoms with Gasteiger partial charge in [-0.05, 0) is 30.3 Å². The Balaban J connectivity index is 3.04. The van der Waals surface area contributed by atoms with Crippen molar-refractivity contribution in [2.75, 3.05) is 11.5 Å². The third-order valence-corrected chi connectivity index (χ3v) is 3.41. The predicted molar refractivity (Wildman–Crippen MR) is 58.3 cm³/mol. The van der Waals surface area contributed by atoms with Crippen molar-refractivity contribution in [2.45, 2.75) is 39.5 Å². The van der Waals surface area contributed by atoms with E-state index in [-0.39, 0.29) is 0 Å². The molecule has 0 aliphatic rings. The van der Waals surface area contributed by atoms with Crippen LogP contribution in [-0.2, 0) is 4.79 Å². The molecule has 2 nitrogen and oxygen atoms in total. The lowest BCUT2D eigenvalue weighted by Crippen LogP contribution is -1.98. The second-order valence-corrected chi connectivity index (χ2v) is 4.59. The molecule has 3 heteroatoms. The average molecular weight is 204 g/mol. The minimum Gasteiger partial charge on any atom is -0.481 e. The second-order valence-electron chi connectivity index (χ2n) is 3.44. The van der Waals surface area contributed by atoms with Gasteiger partial charge in [0.15, 0.2) is 0 Å². The van der Waals surface area contributed by atoms with Crippen molar-refractivity contribution in [3.63, 3.8) is 0 Å². The molecule has 78 valence electrons. The fourth-order valence-corrected chi connectivity index (χ4v) is 2.10. The van der Waals surface area contributed by atoms with Crippen molar-refractivity contribution in [2.24, 2.45) is 5.92 Å². The van der Waals surface area contributed by atoms with Crippen LogP contribution in [0.5, 0.6) is 0 Å². The summed E-state index contributed by atoms with van der Waals surface area (Å²) in [6.07, 6.45) is 3.42. The second kappa shape index (κ2) is 8.42. The van der Waals surface area contributed by atoms with E-state index in [2.05, 4.69) is 13.8 Å². The van der Waals surface area contributed by atoms with Gasteiger partial charge in [0.2, 0.25) is 0 Å². The Morgan fingerprint density at radius 3 is 2.69 bits per heavy atom. The Morgan fingerprint density at radius 1 is 1.46 bits per heavy atom. The molecule has 0 fully saturated rings. The first-order chi connectivity index (χ1) is 6.16. The van der Waals surface area contributed by atoms with Gasteiger partial charge in [0.1, 0.15) is 0 Å². The first kappa shape index (κ1) is 12.8. The fraction of sp³-hybridized carbons (Fsp3) is 0.900. The highest BCUT2D eigenvalue weighted by Crippen LogP contribution is 2.13. The first-order valence-electron chi connectivity index (χ1n) is 4.96. The van der Waals surface area contributed by atoms with E-state index in [9.17, 15) is 4.79 Å². The number of unbranched alkanes of at least 4 members (excludes halogenated alkanes) is 1. The van der Waals surface area contributed by atoms with Crippen LogP contribution < -0.4 is 0 Å². The maximum atomic E-state index is 10.2. The van der Waals surface area contributed by atoms with Gasteiger partial charge >= 0.3 is 5.97 Å². The van der Waals surface area contributed by atoms with E-state index >= 15 is 0 Å². The lowest BCUT2D eigenvalue weighted by Gasteiger charge is -2.06. The number of carbonyl (C=O) groups is 1. The van der Waals surface area contributed by atoms with Crippen LogP contribution in [-0.4, -0.2) is 22.6 Å². The van der Waals surface area contributed by atoms with E-state index in [1.54, 1.807) is 0 Å². The number of hydrogen-bond donors (Lipinski definition) is 1. The molecule has 0 heterocycles. The van der Waals surface area contributed by atoms with Gasteiger partial charge in [0.25, 0.3) is 0 Å². The van der Waals surface area contributed by atoms with Crippen molar-refractivity contribution in [1.29, 1.82) is 0 Å². The maximum absolute atomic E-state index is 10.2. The Labute approximate surface area is 85.1 Å². The molecule has 0 radical (unpaired) electrons. The molecule has 0 aliphatic carbocycles. The molecule has 0 saturated heterocycles. The van der Waals surface area contributed by atoms with Gasteiger partial charge in [-0.25, -0.2) is 0 Å². The smallest absolute Gasteiger partial charge is 0.303 e. The highest BCUT2D eigenvalue weighted by molar-refractivity contribution is 7.99. The molecule has 13 heavy (non-hydrogen) atoms. The average Bonchev–Trinajstić information content (AvgIpc) is 2.10. The molecule has 0 amide bonds. The largest absolute Gasteiger partial charge is 0.481 e. The zero-order chi connectivity index (χ0) is 10.1. The first-order valence-corrected chi connectivity index (χ1v) is 6.11. The number of hydrogen-bond acceptors (Lipinski definition) is 2. The summed E-state index contributed by atoms with van der Waals surface area (Å²) in [6, 6.07) is 0. The van der Waals surface area contributed by atoms with Crippen LogP contribution in [0.15, 0.2) is 0 Å². The number of carboxylic acid groups (broad SMARTS) is 1. The van der Waals surface area contributed by atoms with Crippen LogP contribution in [0.25, 0.3) is 0 Å². The van der Waals surface area contributed by atoms with E-state index in [1.807, 2.05) is 11.8 Å². The van der Waals surface area contributed by atoms with Crippen molar-refractivity contribution < 1.29 is 9.90 Å². The lowest BCUT2D eigenvalue weighted by molar-refractivity contribution is -0.137. The summed E-state index contributed by atoms with van der Waals surface area (Å²) in [7, 11) is 0. The molecular weight excluding hydrogens is 184 g/mol. The number of carboxylic acids is 1. The van der Waals surface area contributed by atoms with Crippen molar-refractivity contribution in [3.8, 4) is 0 Å². The third kappa shape index (κ3) is 9.74. The molecule has 1 N–H and O–H groups in total. The monoisotopic (exact) mass is 204 g/mol. The summed E-state index contributed by atoms with van der Waals surface area (Å²) >= 11 is 1.94. The van der Waals surface area contributed by atoms with Crippen molar-refractivity contribution in [3.05, 3.63) is 0 Å². The lowest BCUT2D eigenvalue weighted by atomic mass is 10.2. The van der Waals surface area contributed by atoms with Gasteiger partial charge in [0.05, 0.1) is 0 Å². The standard InChI is InChI=1S/C10H20O2S/c1-3-9(2)8-13-7-5-4-6-10(11)12/h9H,3-8H2,1-2H3,(H,11,12). The zero-order valence-electron chi connectivity index (χ0n) is 8.58. The fourth-order valence-electron chi connectivity index (χ4n) is 0.883. The van der Waals surface area contributed by atoms with E-state index in [0.717, 1.165) is 24.5 Å². The van der Waals surface area contributed by atoms with Crippen LogP contribution in [0.1, 0.15) is 39.5 Å². The minimum absolute atomic E-state index is 0.323. The molecule has 1 unspecified atom stereocenters. The van der Waals surface area contributed by atoms with Gasteiger partial charge in [-0.3, -0.25) is 4.79 Å². The Bertz CT molecular complexity index is 137. The molecular formula is C10H20O2S. The molecule has 0 aromatic rings. The van der Waals surface area contributed by atoms with Gasteiger partial charge in [0, 0.05) is 6.42 Å². The van der Waals surface area contributed by atoms with Crippen LogP contribution in [0, 0.1) is 5.92 Å². The Kier molecular flexibility index (Phi) is 8.30. The van der Waals surface area contributed by atoms with Crippen molar-refractivity contribution >= 4 is 17.7 Å². The SMILES string of the molecule is CCC(C)CSCCCCC(=O)O. The highest BCUT2D eigenvalue weighted by Gasteiger charge is 1.99. The predicted octanol–water partition coefficient (Wildman–Crippen LogP) is 3.02. The summed E-state index contributed by atoms with van der Waals surface area (Å²) < 4.78 is 0. The topological polar surface area (TPSA) is 37.3 Å². The molecule has 0 aromatic carbocycles. The van der Waals surface area contributed by atoms with Gasteiger partial charge in [-0.2, -0.15) is 11.8 Å². The molecule has 1 atom stereocenters. The minimum atomic E-state index is -0.674. The summed E-state index contributed by atoms with van der Waals surface area (Å²) in [5, 5.41) is 8.39. The van der Waals surface area contributed by atoms with E-state index in [1.165, 1.54) is 12.2 Å². The van der Waals surface area contributed by atoms with E-state index in [4.69, 9.17) is 5.11 Å². The molecule has 0 spiro atoms.